The van der Waals surface area contributed by atoms with Crippen LogP contribution in [0.2, 0.25) is 5.02 Å². The van der Waals surface area contributed by atoms with Crippen LogP contribution in [-0.2, 0) is 17.4 Å². The van der Waals surface area contributed by atoms with Crippen molar-refractivity contribution in [2.45, 2.75) is 19.0 Å². The van der Waals surface area contributed by atoms with E-state index in [4.69, 9.17) is 16.0 Å². The molecule has 4 nitrogen and oxygen atoms in total. The van der Waals surface area contributed by atoms with Crippen LogP contribution in [0, 0.1) is 5.82 Å². The van der Waals surface area contributed by atoms with E-state index in [0.29, 0.717) is 11.3 Å². The molecular formula is C19H13ClF4N2O2. The van der Waals surface area contributed by atoms with Gasteiger partial charge in [-0.15, -0.1) is 0 Å². The Bertz CT molecular complexity index is 984. The zero-order chi connectivity index (χ0) is 20.3. The standard InChI is InChI=1S/C19H13ClF4N2O2/c20-14-6-3-12(19(22,23)24)9-15(14)26-17(27)7-8-18-25-10-16(28-18)11-1-4-13(21)5-2-11/h1-6,9-10H,7-8H2,(H,26,27). The third-order valence-electron chi connectivity index (χ3n) is 3.82. The smallest absolute Gasteiger partial charge is 0.416 e. The van der Waals surface area contributed by atoms with Crippen LogP contribution in [0.25, 0.3) is 11.3 Å². The molecule has 3 aromatic rings. The number of carbonyl (C=O) groups excluding carboxylic acids is 1. The summed E-state index contributed by atoms with van der Waals surface area (Å²) >= 11 is 5.85. The first kappa shape index (κ1) is 19.9. The number of hydrogen-bond donors (Lipinski definition) is 1. The molecule has 2 aromatic carbocycles. The molecule has 0 saturated heterocycles. The second-order valence-electron chi connectivity index (χ2n) is 5.87. The van der Waals surface area contributed by atoms with E-state index in [2.05, 4.69) is 10.3 Å². The summed E-state index contributed by atoms with van der Waals surface area (Å²) in [5, 5.41) is 2.35. The van der Waals surface area contributed by atoms with E-state index >= 15 is 0 Å². The Kier molecular flexibility index (Phi) is 5.69. The zero-order valence-electron chi connectivity index (χ0n) is 14.2. The molecule has 0 aliphatic rings. The lowest BCUT2D eigenvalue weighted by atomic mass is 10.2. The van der Waals surface area contributed by atoms with Crippen molar-refractivity contribution in [3.05, 3.63) is 71.0 Å². The van der Waals surface area contributed by atoms with Crippen molar-refractivity contribution in [1.82, 2.24) is 4.98 Å². The van der Waals surface area contributed by atoms with Crippen LogP contribution in [-0.4, -0.2) is 10.9 Å². The largest absolute Gasteiger partial charge is 0.441 e. The fraction of sp³-hybridized carbons (Fsp3) is 0.158. The predicted molar refractivity (Wildman–Crippen MR) is 95.3 cm³/mol. The number of benzene rings is 2. The lowest BCUT2D eigenvalue weighted by Gasteiger charge is -2.11. The molecule has 0 bridgehead atoms. The second kappa shape index (κ2) is 8.02. The van der Waals surface area contributed by atoms with Crippen molar-refractivity contribution in [1.29, 1.82) is 0 Å². The average Bonchev–Trinajstić information content (AvgIpc) is 3.10. The minimum Gasteiger partial charge on any atom is -0.441 e. The molecule has 28 heavy (non-hydrogen) atoms. The Hall–Kier alpha value is -2.87. The van der Waals surface area contributed by atoms with Crippen LogP contribution >= 0.6 is 11.6 Å². The summed E-state index contributed by atoms with van der Waals surface area (Å²) < 4.78 is 56.8. The van der Waals surface area contributed by atoms with E-state index in [1.165, 1.54) is 30.5 Å². The maximum absolute atomic E-state index is 13.0. The van der Waals surface area contributed by atoms with Gasteiger partial charge in [0.2, 0.25) is 5.91 Å². The molecule has 0 fully saturated rings. The lowest BCUT2D eigenvalue weighted by Crippen LogP contribution is -2.14. The minimum absolute atomic E-state index is 0.00364. The number of nitrogens with zero attached hydrogens (tertiary/aromatic N) is 1. The number of nitrogens with one attached hydrogen (secondary N) is 1. The molecule has 0 aliphatic heterocycles. The van der Waals surface area contributed by atoms with Gasteiger partial charge in [0.05, 0.1) is 22.5 Å². The Balaban J connectivity index is 1.61. The van der Waals surface area contributed by atoms with Crippen LogP contribution < -0.4 is 5.32 Å². The summed E-state index contributed by atoms with van der Waals surface area (Å²) in [6, 6.07) is 8.31. The van der Waals surface area contributed by atoms with Gasteiger partial charge in [-0.1, -0.05) is 11.6 Å². The zero-order valence-corrected chi connectivity index (χ0v) is 14.9. The van der Waals surface area contributed by atoms with Gasteiger partial charge in [0.25, 0.3) is 0 Å². The number of alkyl halides is 3. The molecule has 0 aliphatic carbocycles. The number of oxazole rings is 1. The van der Waals surface area contributed by atoms with Crippen LogP contribution in [0.1, 0.15) is 17.9 Å². The molecule has 0 radical (unpaired) electrons. The quantitative estimate of drug-likeness (QED) is 0.545. The Morgan fingerprint density at radius 1 is 1.14 bits per heavy atom. The topological polar surface area (TPSA) is 55.1 Å². The van der Waals surface area contributed by atoms with E-state index in [9.17, 15) is 22.4 Å². The van der Waals surface area contributed by atoms with Gasteiger partial charge in [0, 0.05) is 18.4 Å². The molecule has 1 heterocycles. The Morgan fingerprint density at radius 3 is 2.54 bits per heavy atom. The first-order chi connectivity index (χ1) is 13.2. The molecule has 9 heteroatoms. The molecule has 0 spiro atoms. The van der Waals surface area contributed by atoms with Crippen LogP contribution in [0.3, 0.4) is 0 Å². The van der Waals surface area contributed by atoms with E-state index in [1.807, 2.05) is 0 Å². The number of anilines is 1. The highest BCUT2D eigenvalue weighted by Gasteiger charge is 2.31. The van der Waals surface area contributed by atoms with Gasteiger partial charge in [-0.25, -0.2) is 9.37 Å². The monoisotopic (exact) mass is 412 g/mol. The molecule has 0 saturated carbocycles. The Labute approximate surface area is 162 Å². The maximum Gasteiger partial charge on any atom is 0.416 e. The van der Waals surface area contributed by atoms with Gasteiger partial charge in [0.1, 0.15) is 5.82 Å². The normalized spacial score (nSPS) is 11.5. The first-order valence-electron chi connectivity index (χ1n) is 8.09. The SMILES string of the molecule is O=C(CCc1ncc(-c2ccc(F)cc2)o1)Nc1cc(C(F)(F)F)ccc1Cl. The molecule has 1 amide bonds. The van der Waals surface area contributed by atoms with Crippen LogP contribution in [0.15, 0.2) is 53.1 Å². The number of hydrogen-bond acceptors (Lipinski definition) is 3. The van der Waals surface area contributed by atoms with Gasteiger partial charge in [0.15, 0.2) is 11.7 Å². The van der Waals surface area contributed by atoms with Crippen molar-refractivity contribution in [3.8, 4) is 11.3 Å². The third kappa shape index (κ3) is 4.89. The molecule has 1 aromatic heterocycles. The number of halogens is 5. The highest BCUT2D eigenvalue weighted by molar-refractivity contribution is 6.33. The summed E-state index contributed by atoms with van der Waals surface area (Å²) in [5.41, 5.74) is -0.412. The van der Waals surface area contributed by atoms with Gasteiger partial charge >= 0.3 is 6.18 Å². The van der Waals surface area contributed by atoms with Gasteiger partial charge in [-0.05, 0) is 42.5 Å². The minimum atomic E-state index is -4.54. The van der Waals surface area contributed by atoms with E-state index in [1.54, 1.807) is 0 Å². The van der Waals surface area contributed by atoms with Crippen molar-refractivity contribution in [3.63, 3.8) is 0 Å². The summed E-state index contributed by atoms with van der Waals surface area (Å²) in [6.07, 6.45) is -3.04. The molecule has 1 N–H and O–H groups in total. The number of rotatable bonds is 5. The summed E-state index contributed by atoms with van der Waals surface area (Å²) in [5.74, 6) is -0.239. The van der Waals surface area contributed by atoms with E-state index in [-0.39, 0.29) is 35.3 Å². The van der Waals surface area contributed by atoms with Crippen LogP contribution in [0.4, 0.5) is 23.2 Å². The number of carbonyl (C=O) groups is 1. The molecule has 3 rings (SSSR count). The highest BCUT2D eigenvalue weighted by atomic mass is 35.5. The van der Waals surface area contributed by atoms with Gasteiger partial charge in [-0.2, -0.15) is 13.2 Å². The second-order valence-corrected chi connectivity index (χ2v) is 6.27. The average molecular weight is 413 g/mol. The third-order valence-corrected chi connectivity index (χ3v) is 4.15. The van der Waals surface area contributed by atoms with Gasteiger partial charge < -0.3 is 9.73 Å². The van der Waals surface area contributed by atoms with E-state index < -0.39 is 17.6 Å². The lowest BCUT2D eigenvalue weighted by molar-refractivity contribution is -0.137. The highest BCUT2D eigenvalue weighted by Crippen LogP contribution is 2.33. The molecule has 0 atom stereocenters. The van der Waals surface area contributed by atoms with Crippen molar-refractivity contribution in [2.24, 2.45) is 0 Å². The van der Waals surface area contributed by atoms with Crippen molar-refractivity contribution < 1.29 is 26.8 Å². The first-order valence-corrected chi connectivity index (χ1v) is 8.47. The molecule has 146 valence electrons. The van der Waals surface area contributed by atoms with E-state index in [0.717, 1.165) is 18.2 Å². The molecule has 0 unspecified atom stereocenters. The fourth-order valence-electron chi connectivity index (χ4n) is 2.40. The number of aryl methyl sites for hydroxylation is 1. The maximum atomic E-state index is 13.0. The molecular weight excluding hydrogens is 400 g/mol. The van der Waals surface area contributed by atoms with Crippen LogP contribution in [0.5, 0.6) is 0 Å². The number of aromatic nitrogens is 1. The predicted octanol–water partition coefficient (Wildman–Crippen LogP) is 5.72. The van der Waals surface area contributed by atoms with Crippen molar-refractivity contribution >= 4 is 23.2 Å². The Morgan fingerprint density at radius 2 is 1.86 bits per heavy atom. The fourth-order valence-corrected chi connectivity index (χ4v) is 2.57. The number of amides is 1. The summed E-state index contributed by atoms with van der Waals surface area (Å²) in [7, 11) is 0. The summed E-state index contributed by atoms with van der Waals surface area (Å²) in [4.78, 5) is 16.1. The van der Waals surface area contributed by atoms with Crippen molar-refractivity contribution in [2.75, 3.05) is 5.32 Å². The van der Waals surface area contributed by atoms with Gasteiger partial charge in [-0.3, -0.25) is 4.79 Å². The summed E-state index contributed by atoms with van der Waals surface area (Å²) in [6.45, 7) is 0.